The zero-order valence-electron chi connectivity index (χ0n) is 11.9. The molecule has 0 saturated carbocycles. The molecule has 0 heterocycles. The maximum Gasteiger partial charge on any atom is 0.240 e. The van der Waals surface area contributed by atoms with Gasteiger partial charge in [0.25, 0.3) is 0 Å². The molecule has 3 atom stereocenters. The van der Waals surface area contributed by atoms with Crippen molar-refractivity contribution in [3.05, 3.63) is 0 Å². The van der Waals surface area contributed by atoms with Crippen molar-refractivity contribution in [3.63, 3.8) is 0 Å². The van der Waals surface area contributed by atoms with E-state index < -0.39 is 6.04 Å². The van der Waals surface area contributed by atoms with Gasteiger partial charge in [-0.05, 0) is 19.3 Å². The Morgan fingerprint density at radius 1 is 1.29 bits per heavy atom. The molecule has 4 nitrogen and oxygen atoms in total. The number of nitrogens with zero attached hydrogens (tertiary/aromatic N) is 1. The van der Waals surface area contributed by atoms with Crippen molar-refractivity contribution >= 4 is 5.91 Å². The van der Waals surface area contributed by atoms with E-state index in [9.17, 15) is 4.79 Å². The van der Waals surface area contributed by atoms with Crippen LogP contribution in [-0.4, -0.2) is 43.2 Å². The first-order chi connectivity index (χ1) is 7.99. The molecule has 1 amide bonds. The van der Waals surface area contributed by atoms with Gasteiger partial charge >= 0.3 is 0 Å². The topological polar surface area (TPSA) is 55.6 Å². The van der Waals surface area contributed by atoms with E-state index in [1.807, 2.05) is 11.8 Å². The molecule has 0 aromatic rings. The predicted molar refractivity (Wildman–Crippen MR) is 70.8 cm³/mol. The molecule has 102 valence electrons. The van der Waals surface area contributed by atoms with Crippen LogP contribution in [0.3, 0.4) is 0 Å². The van der Waals surface area contributed by atoms with E-state index in [0.717, 1.165) is 12.8 Å². The molecule has 2 N–H and O–H groups in total. The number of hydrogen-bond acceptors (Lipinski definition) is 3. The molecule has 0 bridgehead atoms. The van der Waals surface area contributed by atoms with Crippen LogP contribution in [-0.2, 0) is 9.53 Å². The fourth-order valence-corrected chi connectivity index (χ4v) is 1.65. The molecular formula is C13H28N2O2. The molecule has 0 rings (SSSR count). The van der Waals surface area contributed by atoms with E-state index in [4.69, 9.17) is 10.5 Å². The Morgan fingerprint density at radius 3 is 2.29 bits per heavy atom. The van der Waals surface area contributed by atoms with Gasteiger partial charge in [0, 0.05) is 19.7 Å². The normalized spacial score (nSPS) is 16.4. The second-order valence-corrected chi connectivity index (χ2v) is 4.69. The summed E-state index contributed by atoms with van der Waals surface area (Å²) in [7, 11) is 1.65. The van der Waals surface area contributed by atoms with E-state index in [1.165, 1.54) is 0 Å². The van der Waals surface area contributed by atoms with Crippen LogP contribution in [0.15, 0.2) is 0 Å². The molecule has 17 heavy (non-hydrogen) atoms. The van der Waals surface area contributed by atoms with Crippen molar-refractivity contribution in [2.24, 2.45) is 11.7 Å². The summed E-state index contributed by atoms with van der Waals surface area (Å²) in [5.41, 5.74) is 6.00. The standard InChI is InChI=1S/C13H28N2O2/c1-6-10(3)12(14)13(16)15(8-9-17-5)11(4)7-2/h10-12H,6-9,14H2,1-5H3. The van der Waals surface area contributed by atoms with Crippen molar-refractivity contribution in [3.8, 4) is 0 Å². The fraction of sp³-hybridized carbons (Fsp3) is 0.923. The number of carbonyl (C=O) groups excluding carboxylic acids is 1. The van der Waals surface area contributed by atoms with Crippen LogP contribution in [0.4, 0.5) is 0 Å². The lowest BCUT2D eigenvalue weighted by Crippen LogP contribution is -2.51. The average molecular weight is 244 g/mol. The minimum Gasteiger partial charge on any atom is -0.383 e. The van der Waals surface area contributed by atoms with Gasteiger partial charge in [0.05, 0.1) is 12.6 Å². The Morgan fingerprint density at radius 2 is 1.88 bits per heavy atom. The first kappa shape index (κ1) is 16.4. The second-order valence-electron chi connectivity index (χ2n) is 4.69. The smallest absolute Gasteiger partial charge is 0.240 e. The highest BCUT2D eigenvalue weighted by molar-refractivity contribution is 5.82. The third kappa shape index (κ3) is 5.04. The number of nitrogens with two attached hydrogens (primary N) is 1. The van der Waals surface area contributed by atoms with Crippen LogP contribution in [0, 0.1) is 5.92 Å². The van der Waals surface area contributed by atoms with Gasteiger partial charge in [0.15, 0.2) is 0 Å². The summed E-state index contributed by atoms with van der Waals surface area (Å²) in [5.74, 6) is 0.266. The molecule has 0 spiro atoms. The van der Waals surface area contributed by atoms with Crippen molar-refractivity contribution in [1.82, 2.24) is 4.90 Å². The van der Waals surface area contributed by atoms with Crippen LogP contribution in [0.5, 0.6) is 0 Å². The first-order valence-corrected chi connectivity index (χ1v) is 6.54. The summed E-state index contributed by atoms with van der Waals surface area (Å²) in [4.78, 5) is 14.1. The molecule has 4 heteroatoms. The summed E-state index contributed by atoms with van der Waals surface area (Å²) in [5, 5.41) is 0. The molecule has 0 aliphatic carbocycles. The van der Waals surface area contributed by atoms with Gasteiger partial charge in [-0.3, -0.25) is 4.79 Å². The van der Waals surface area contributed by atoms with Crippen LogP contribution in [0.1, 0.15) is 40.5 Å². The number of rotatable bonds is 8. The highest BCUT2D eigenvalue weighted by Crippen LogP contribution is 2.12. The molecule has 0 fully saturated rings. The highest BCUT2D eigenvalue weighted by atomic mass is 16.5. The Hall–Kier alpha value is -0.610. The summed E-state index contributed by atoms with van der Waals surface area (Å²) < 4.78 is 5.05. The van der Waals surface area contributed by atoms with E-state index >= 15 is 0 Å². The van der Waals surface area contributed by atoms with Gasteiger partial charge in [-0.25, -0.2) is 0 Å². The average Bonchev–Trinajstić information content (AvgIpc) is 2.36. The summed E-state index contributed by atoms with van der Waals surface area (Å²) in [6.07, 6.45) is 1.86. The summed E-state index contributed by atoms with van der Waals surface area (Å²) >= 11 is 0. The Balaban J connectivity index is 4.61. The first-order valence-electron chi connectivity index (χ1n) is 6.54. The molecule has 0 aliphatic heterocycles. The lowest BCUT2D eigenvalue weighted by Gasteiger charge is -2.32. The van der Waals surface area contributed by atoms with Crippen LogP contribution in [0.2, 0.25) is 0 Å². The van der Waals surface area contributed by atoms with Gasteiger partial charge in [-0.1, -0.05) is 27.2 Å². The largest absolute Gasteiger partial charge is 0.383 e. The number of ether oxygens (including phenoxy) is 1. The second kappa shape index (κ2) is 8.48. The zero-order chi connectivity index (χ0) is 13.4. The SMILES string of the molecule is CCC(C)C(N)C(=O)N(CCOC)C(C)CC. The molecule has 0 saturated heterocycles. The van der Waals surface area contributed by atoms with Crippen molar-refractivity contribution in [2.75, 3.05) is 20.3 Å². The number of carbonyl (C=O) groups is 1. The molecule has 0 aromatic heterocycles. The zero-order valence-corrected chi connectivity index (χ0v) is 11.9. The highest BCUT2D eigenvalue weighted by Gasteiger charge is 2.27. The lowest BCUT2D eigenvalue weighted by atomic mass is 9.98. The summed E-state index contributed by atoms with van der Waals surface area (Å²) in [6, 6.07) is -0.182. The molecule has 3 unspecified atom stereocenters. The Kier molecular flexibility index (Phi) is 8.17. The minimum absolute atomic E-state index is 0.0470. The third-order valence-corrected chi connectivity index (χ3v) is 3.48. The van der Waals surface area contributed by atoms with Crippen LogP contribution < -0.4 is 5.73 Å². The Bertz CT molecular complexity index is 221. The van der Waals surface area contributed by atoms with Gasteiger partial charge < -0.3 is 15.4 Å². The minimum atomic E-state index is -0.397. The van der Waals surface area contributed by atoms with E-state index in [-0.39, 0.29) is 17.9 Å². The van der Waals surface area contributed by atoms with Gasteiger partial charge in [-0.15, -0.1) is 0 Å². The molecule has 0 aromatic carbocycles. The molecule has 0 radical (unpaired) electrons. The Labute approximate surface area is 105 Å². The van der Waals surface area contributed by atoms with Crippen LogP contribution >= 0.6 is 0 Å². The molecule has 0 aliphatic rings. The number of methoxy groups -OCH3 is 1. The van der Waals surface area contributed by atoms with E-state index in [1.54, 1.807) is 7.11 Å². The van der Waals surface area contributed by atoms with E-state index in [0.29, 0.717) is 13.2 Å². The van der Waals surface area contributed by atoms with Gasteiger partial charge in [0.1, 0.15) is 0 Å². The lowest BCUT2D eigenvalue weighted by molar-refractivity contribution is -0.136. The van der Waals surface area contributed by atoms with Gasteiger partial charge in [0.2, 0.25) is 5.91 Å². The maximum atomic E-state index is 12.3. The fourth-order valence-electron chi connectivity index (χ4n) is 1.65. The maximum absolute atomic E-state index is 12.3. The quantitative estimate of drug-likeness (QED) is 0.706. The monoisotopic (exact) mass is 244 g/mol. The number of amides is 1. The summed E-state index contributed by atoms with van der Waals surface area (Å²) in [6.45, 7) is 9.38. The van der Waals surface area contributed by atoms with Crippen LogP contribution in [0.25, 0.3) is 0 Å². The van der Waals surface area contributed by atoms with Gasteiger partial charge in [-0.2, -0.15) is 0 Å². The molecular weight excluding hydrogens is 216 g/mol. The van der Waals surface area contributed by atoms with Crippen molar-refractivity contribution in [1.29, 1.82) is 0 Å². The van der Waals surface area contributed by atoms with Crippen molar-refractivity contribution < 1.29 is 9.53 Å². The third-order valence-electron chi connectivity index (χ3n) is 3.48. The number of hydrogen-bond donors (Lipinski definition) is 1. The van der Waals surface area contributed by atoms with E-state index in [2.05, 4.69) is 20.8 Å². The van der Waals surface area contributed by atoms with Crippen molar-refractivity contribution in [2.45, 2.75) is 52.6 Å². The predicted octanol–water partition coefficient (Wildman–Crippen LogP) is 1.63.